The zero-order chi connectivity index (χ0) is 13.1. The normalized spacial score (nSPS) is 10.2. The van der Waals surface area contributed by atoms with E-state index in [0.29, 0.717) is 11.3 Å². The molecule has 0 saturated heterocycles. The zero-order valence-corrected chi connectivity index (χ0v) is 10.4. The van der Waals surface area contributed by atoms with Gasteiger partial charge < -0.3 is 4.90 Å². The molecule has 2 nitrogen and oxygen atoms in total. The van der Waals surface area contributed by atoms with Gasteiger partial charge in [-0.05, 0) is 42.8 Å². The van der Waals surface area contributed by atoms with Gasteiger partial charge in [-0.1, -0.05) is 12.1 Å². The standard InChI is InChI=1S/C15H14FNO/c1-11-9-13(8-7-12(11)10-18)17(2)15-6-4-3-5-14(15)16/h3-10H,1-2H3. The van der Waals surface area contributed by atoms with E-state index in [1.807, 2.05) is 19.1 Å². The number of hydrogen-bond acceptors (Lipinski definition) is 2. The highest BCUT2D eigenvalue weighted by atomic mass is 19.1. The maximum atomic E-state index is 13.7. The number of benzene rings is 2. The largest absolute Gasteiger partial charge is 0.342 e. The van der Waals surface area contributed by atoms with Crippen LogP contribution in [0.2, 0.25) is 0 Å². The van der Waals surface area contributed by atoms with Crippen LogP contribution < -0.4 is 4.90 Å². The van der Waals surface area contributed by atoms with E-state index in [1.54, 1.807) is 36.2 Å². The van der Waals surface area contributed by atoms with Gasteiger partial charge in [0.1, 0.15) is 12.1 Å². The van der Waals surface area contributed by atoms with Crippen molar-refractivity contribution >= 4 is 17.7 Å². The third kappa shape index (κ3) is 2.25. The van der Waals surface area contributed by atoms with Crippen LogP contribution in [-0.2, 0) is 0 Å². The molecule has 0 aliphatic carbocycles. The van der Waals surface area contributed by atoms with Crippen LogP contribution >= 0.6 is 0 Å². The summed E-state index contributed by atoms with van der Waals surface area (Å²) >= 11 is 0. The molecule has 92 valence electrons. The van der Waals surface area contributed by atoms with Crippen molar-refractivity contribution in [2.45, 2.75) is 6.92 Å². The Morgan fingerprint density at radius 3 is 2.50 bits per heavy atom. The number of para-hydroxylation sites is 1. The van der Waals surface area contributed by atoms with Crippen LogP contribution in [0.5, 0.6) is 0 Å². The Bertz CT molecular complexity index is 580. The SMILES string of the molecule is Cc1cc(N(C)c2ccccc2F)ccc1C=O. The van der Waals surface area contributed by atoms with Crippen LogP contribution in [0.3, 0.4) is 0 Å². The smallest absolute Gasteiger partial charge is 0.150 e. The Kier molecular flexibility index (Phi) is 3.42. The maximum absolute atomic E-state index is 13.7. The van der Waals surface area contributed by atoms with E-state index in [4.69, 9.17) is 0 Å². The third-order valence-corrected chi connectivity index (χ3v) is 2.98. The minimum Gasteiger partial charge on any atom is -0.342 e. The third-order valence-electron chi connectivity index (χ3n) is 2.98. The molecule has 0 radical (unpaired) electrons. The molecule has 0 spiro atoms. The molecular weight excluding hydrogens is 229 g/mol. The molecule has 0 aliphatic heterocycles. The van der Waals surface area contributed by atoms with E-state index in [1.165, 1.54) is 6.07 Å². The molecule has 0 aliphatic rings. The van der Waals surface area contributed by atoms with Crippen molar-refractivity contribution in [2.24, 2.45) is 0 Å². The minimum atomic E-state index is -0.267. The van der Waals surface area contributed by atoms with Crippen molar-refractivity contribution < 1.29 is 9.18 Å². The molecule has 0 unspecified atom stereocenters. The lowest BCUT2D eigenvalue weighted by Crippen LogP contribution is -2.11. The van der Waals surface area contributed by atoms with Crippen LogP contribution in [-0.4, -0.2) is 13.3 Å². The van der Waals surface area contributed by atoms with E-state index < -0.39 is 0 Å². The molecule has 3 heteroatoms. The summed E-state index contributed by atoms with van der Waals surface area (Å²) < 4.78 is 13.7. The van der Waals surface area contributed by atoms with E-state index >= 15 is 0 Å². The molecule has 18 heavy (non-hydrogen) atoms. The number of aldehydes is 1. The molecule has 2 aromatic rings. The average molecular weight is 243 g/mol. The number of carbonyl (C=O) groups is 1. The second kappa shape index (κ2) is 5.00. The first-order valence-corrected chi connectivity index (χ1v) is 5.67. The average Bonchev–Trinajstić information content (AvgIpc) is 2.38. The Morgan fingerprint density at radius 2 is 1.89 bits per heavy atom. The number of nitrogens with zero attached hydrogens (tertiary/aromatic N) is 1. The van der Waals surface area contributed by atoms with E-state index in [9.17, 15) is 9.18 Å². The number of aryl methyl sites for hydroxylation is 1. The number of anilines is 2. The fourth-order valence-corrected chi connectivity index (χ4v) is 1.86. The van der Waals surface area contributed by atoms with Gasteiger partial charge in [-0.15, -0.1) is 0 Å². The Balaban J connectivity index is 2.40. The number of hydrogen-bond donors (Lipinski definition) is 0. The highest BCUT2D eigenvalue weighted by Crippen LogP contribution is 2.27. The van der Waals surface area contributed by atoms with Gasteiger partial charge in [-0.3, -0.25) is 4.79 Å². The molecule has 0 aromatic heterocycles. The summed E-state index contributed by atoms with van der Waals surface area (Å²) in [5.41, 5.74) is 2.89. The number of halogens is 1. The minimum absolute atomic E-state index is 0.267. The summed E-state index contributed by atoms with van der Waals surface area (Å²) in [5, 5.41) is 0. The summed E-state index contributed by atoms with van der Waals surface area (Å²) in [7, 11) is 1.80. The fourth-order valence-electron chi connectivity index (χ4n) is 1.86. The van der Waals surface area contributed by atoms with Gasteiger partial charge in [-0.25, -0.2) is 4.39 Å². The molecule has 0 saturated carbocycles. The Labute approximate surface area is 106 Å². The van der Waals surface area contributed by atoms with Crippen molar-refractivity contribution in [3.63, 3.8) is 0 Å². The molecule has 0 fully saturated rings. The lowest BCUT2D eigenvalue weighted by molar-refractivity contribution is 0.112. The molecule has 0 bridgehead atoms. The van der Waals surface area contributed by atoms with E-state index in [2.05, 4.69) is 0 Å². The lowest BCUT2D eigenvalue weighted by Gasteiger charge is -2.20. The maximum Gasteiger partial charge on any atom is 0.150 e. The molecule has 0 atom stereocenters. The lowest BCUT2D eigenvalue weighted by atomic mass is 10.1. The van der Waals surface area contributed by atoms with Crippen LogP contribution in [0.15, 0.2) is 42.5 Å². The van der Waals surface area contributed by atoms with E-state index in [0.717, 1.165) is 17.5 Å². The first kappa shape index (κ1) is 12.3. The summed E-state index contributed by atoms with van der Waals surface area (Å²) in [6, 6.07) is 12.0. The van der Waals surface area contributed by atoms with Crippen LogP contribution in [0.1, 0.15) is 15.9 Å². The van der Waals surface area contributed by atoms with Crippen molar-refractivity contribution in [1.82, 2.24) is 0 Å². The van der Waals surface area contributed by atoms with Gasteiger partial charge in [0.05, 0.1) is 5.69 Å². The van der Waals surface area contributed by atoms with Crippen molar-refractivity contribution in [2.75, 3.05) is 11.9 Å². The van der Waals surface area contributed by atoms with Gasteiger partial charge in [0.15, 0.2) is 0 Å². The molecular formula is C15H14FNO. The van der Waals surface area contributed by atoms with Crippen LogP contribution in [0.25, 0.3) is 0 Å². The van der Waals surface area contributed by atoms with Gasteiger partial charge in [-0.2, -0.15) is 0 Å². The van der Waals surface area contributed by atoms with Gasteiger partial charge in [0.25, 0.3) is 0 Å². The topological polar surface area (TPSA) is 20.3 Å². The highest BCUT2D eigenvalue weighted by molar-refractivity contribution is 5.79. The fraction of sp³-hybridized carbons (Fsp3) is 0.133. The van der Waals surface area contributed by atoms with E-state index in [-0.39, 0.29) is 5.82 Å². The second-order valence-electron chi connectivity index (χ2n) is 4.17. The summed E-state index contributed by atoms with van der Waals surface area (Å²) in [4.78, 5) is 12.5. The summed E-state index contributed by atoms with van der Waals surface area (Å²) in [5.74, 6) is -0.267. The quantitative estimate of drug-likeness (QED) is 0.766. The number of rotatable bonds is 3. The molecule has 0 amide bonds. The van der Waals surface area contributed by atoms with Gasteiger partial charge >= 0.3 is 0 Å². The van der Waals surface area contributed by atoms with Gasteiger partial charge in [0, 0.05) is 18.3 Å². The second-order valence-corrected chi connectivity index (χ2v) is 4.17. The highest BCUT2D eigenvalue weighted by Gasteiger charge is 2.09. The predicted molar refractivity (Wildman–Crippen MR) is 71.0 cm³/mol. The zero-order valence-electron chi connectivity index (χ0n) is 10.4. The Morgan fingerprint density at radius 1 is 1.17 bits per heavy atom. The summed E-state index contributed by atoms with van der Waals surface area (Å²) in [6.45, 7) is 1.86. The first-order chi connectivity index (χ1) is 8.63. The molecule has 0 N–H and O–H groups in total. The van der Waals surface area contributed by atoms with Crippen molar-refractivity contribution in [1.29, 1.82) is 0 Å². The Hall–Kier alpha value is -2.16. The van der Waals surface area contributed by atoms with Gasteiger partial charge in [0.2, 0.25) is 0 Å². The van der Waals surface area contributed by atoms with Crippen molar-refractivity contribution in [3.8, 4) is 0 Å². The predicted octanol–water partition coefficient (Wildman–Crippen LogP) is 3.71. The summed E-state index contributed by atoms with van der Waals surface area (Å²) in [6.07, 6.45) is 0.822. The van der Waals surface area contributed by atoms with Crippen LogP contribution in [0, 0.1) is 12.7 Å². The first-order valence-electron chi connectivity index (χ1n) is 5.67. The monoisotopic (exact) mass is 243 g/mol. The molecule has 2 aromatic carbocycles. The molecule has 0 heterocycles. The number of carbonyl (C=O) groups excluding carboxylic acids is 1. The van der Waals surface area contributed by atoms with Crippen LogP contribution in [0.4, 0.5) is 15.8 Å². The molecule has 2 rings (SSSR count). The van der Waals surface area contributed by atoms with Crippen molar-refractivity contribution in [3.05, 3.63) is 59.4 Å².